The molecule has 2 aromatic carbocycles. The van der Waals surface area contributed by atoms with E-state index in [0.717, 1.165) is 75.5 Å². The van der Waals surface area contributed by atoms with Crippen molar-refractivity contribution < 1.29 is 9.53 Å². The minimum atomic E-state index is 0.0706. The first-order valence-electron chi connectivity index (χ1n) is 14.1. The van der Waals surface area contributed by atoms with Crippen LogP contribution < -0.4 is 9.64 Å². The molecule has 2 aliphatic heterocycles. The highest BCUT2D eigenvalue weighted by Crippen LogP contribution is 2.35. The van der Waals surface area contributed by atoms with E-state index in [9.17, 15) is 4.79 Å². The molecule has 1 amide bonds. The first-order valence-corrected chi connectivity index (χ1v) is 14.1. The van der Waals surface area contributed by atoms with Crippen molar-refractivity contribution in [3.8, 4) is 5.75 Å². The molecule has 2 fully saturated rings. The number of nitrogens with zero attached hydrogens (tertiary/aromatic N) is 5. The normalized spacial score (nSPS) is 18.1. The highest BCUT2D eigenvalue weighted by atomic mass is 16.5. The quantitative estimate of drug-likeness (QED) is 0.417. The number of anilines is 1. The number of amides is 1. The van der Waals surface area contributed by atoms with Gasteiger partial charge in [-0.25, -0.2) is 9.97 Å². The number of carbonyl (C=O) groups is 1. The van der Waals surface area contributed by atoms with E-state index >= 15 is 0 Å². The van der Waals surface area contributed by atoms with E-state index in [0.29, 0.717) is 11.6 Å². The van der Waals surface area contributed by atoms with Gasteiger partial charge in [-0.05, 0) is 64.2 Å². The topological polar surface area (TPSA) is 61.8 Å². The summed E-state index contributed by atoms with van der Waals surface area (Å²) in [6.07, 6.45) is 5.73. The Bertz CT molecular complexity index is 1240. The second kappa shape index (κ2) is 11.7. The fraction of sp³-hybridized carbons (Fsp3) is 0.469. The average molecular weight is 528 g/mol. The molecule has 39 heavy (non-hydrogen) atoms. The molecule has 0 radical (unpaired) electrons. The number of benzene rings is 2. The van der Waals surface area contributed by atoms with Gasteiger partial charge in [-0.15, -0.1) is 0 Å². The molecule has 0 aliphatic carbocycles. The number of aromatic nitrogens is 2. The summed E-state index contributed by atoms with van der Waals surface area (Å²) in [5.41, 5.74) is 4.83. The lowest BCUT2D eigenvalue weighted by Gasteiger charge is -2.50. The third kappa shape index (κ3) is 5.93. The summed E-state index contributed by atoms with van der Waals surface area (Å²) in [6, 6.07) is 19.7. The lowest BCUT2D eigenvalue weighted by Crippen LogP contribution is -2.58. The Morgan fingerprint density at radius 2 is 1.64 bits per heavy atom. The predicted octanol–water partition coefficient (Wildman–Crippen LogP) is 5.27. The summed E-state index contributed by atoms with van der Waals surface area (Å²) in [7, 11) is 1.73. The summed E-state index contributed by atoms with van der Waals surface area (Å²) in [5, 5.41) is 0. The Morgan fingerprint density at radius 1 is 0.974 bits per heavy atom. The van der Waals surface area contributed by atoms with Crippen LogP contribution in [-0.2, 0) is 6.54 Å². The second-order valence-corrected chi connectivity index (χ2v) is 11.2. The van der Waals surface area contributed by atoms with Gasteiger partial charge in [-0.1, -0.05) is 36.4 Å². The molecule has 0 bridgehead atoms. The molecule has 0 N–H and O–H groups in total. The molecular formula is C32H41N5O2. The fourth-order valence-electron chi connectivity index (χ4n) is 6.29. The van der Waals surface area contributed by atoms with Crippen LogP contribution >= 0.6 is 0 Å². The minimum Gasteiger partial charge on any atom is -0.497 e. The fourth-order valence-corrected chi connectivity index (χ4v) is 6.29. The predicted molar refractivity (Wildman–Crippen MR) is 155 cm³/mol. The summed E-state index contributed by atoms with van der Waals surface area (Å²) in [6.45, 7) is 10.7. The van der Waals surface area contributed by atoms with Gasteiger partial charge in [0, 0.05) is 56.1 Å². The number of hydrogen-bond acceptors (Lipinski definition) is 6. The first kappa shape index (κ1) is 27.1. The summed E-state index contributed by atoms with van der Waals surface area (Å²) < 4.78 is 5.55. The molecule has 0 atom stereocenters. The molecule has 3 heterocycles. The molecule has 1 aromatic heterocycles. The Balaban J connectivity index is 1.24. The van der Waals surface area contributed by atoms with Gasteiger partial charge in [0.15, 0.2) is 0 Å². The van der Waals surface area contributed by atoms with E-state index in [2.05, 4.69) is 75.2 Å². The van der Waals surface area contributed by atoms with Gasteiger partial charge in [-0.2, -0.15) is 0 Å². The second-order valence-electron chi connectivity index (χ2n) is 11.2. The van der Waals surface area contributed by atoms with Crippen molar-refractivity contribution in [3.63, 3.8) is 0 Å². The number of hydrogen-bond donors (Lipinski definition) is 0. The molecule has 0 spiro atoms. The largest absolute Gasteiger partial charge is 0.497 e. The van der Waals surface area contributed by atoms with E-state index in [1.54, 1.807) is 7.11 Å². The van der Waals surface area contributed by atoms with Crippen molar-refractivity contribution in [1.29, 1.82) is 0 Å². The Kier molecular flexibility index (Phi) is 8.17. The number of carbonyl (C=O) groups excluding carboxylic acids is 1. The maximum absolute atomic E-state index is 13.3. The van der Waals surface area contributed by atoms with Crippen LogP contribution in [0.3, 0.4) is 0 Å². The molecule has 0 saturated carbocycles. The van der Waals surface area contributed by atoms with E-state index in [4.69, 9.17) is 4.74 Å². The molecular weight excluding hydrogens is 486 g/mol. The average Bonchev–Trinajstić information content (AvgIpc) is 2.97. The molecule has 206 valence electrons. The highest BCUT2D eigenvalue weighted by Gasteiger charge is 2.39. The van der Waals surface area contributed by atoms with Crippen LogP contribution in [0.4, 0.5) is 5.69 Å². The summed E-state index contributed by atoms with van der Waals surface area (Å²) >= 11 is 0. The van der Waals surface area contributed by atoms with Gasteiger partial charge in [0.25, 0.3) is 5.91 Å². The molecule has 2 aliphatic rings. The zero-order chi connectivity index (χ0) is 27.4. The Labute approximate surface area is 232 Å². The summed E-state index contributed by atoms with van der Waals surface area (Å²) in [4.78, 5) is 29.1. The molecule has 2 saturated heterocycles. The van der Waals surface area contributed by atoms with Gasteiger partial charge in [-0.3, -0.25) is 9.69 Å². The van der Waals surface area contributed by atoms with E-state index < -0.39 is 0 Å². The standard InChI is InChI=1S/C32H41N5O2/c1-24-30(25(2)34-23-33-24)31(38)35-19-15-32(3,16-20-35)36-17-13-27(14-18-36)37(22-26-9-6-5-7-10-26)28-11-8-12-29(21-28)39-4/h5-12,21,23,27H,13-20,22H2,1-4H3. The number of likely N-dealkylation sites (tertiary alicyclic amines) is 2. The number of aryl methyl sites for hydroxylation is 2. The van der Waals surface area contributed by atoms with Gasteiger partial charge >= 0.3 is 0 Å². The molecule has 0 unspecified atom stereocenters. The Morgan fingerprint density at radius 3 is 2.28 bits per heavy atom. The maximum Gasteiger partial charge on any atom is 0.257 e. The smallest absolute Gasteiger partial charge is 0.257 e. The zero-order valence-electron chi connectivity index (χ0n) is 23.8. The summed E-state index contributed by atoms with van der Waals surface area (Å²) in [5.74, 6) is 0.963. The zero-order valence-corrected chi connectivity index (χ0v) is 23.8. The van der Waals surface area contributed by atoms with Crippen LogP contribution in [0.1, 0.15) is 59.9 Å². The van der Waals surface area contributed by atoms with E-state index in [1.165, 1.54) is 17.6 Å². The molecule has 7 nitrogen and oxygen atoms in total. The van der Waals surface area contributed by atoms with Crippen molar-refractivity contribution in [2.24, 2.45) is 0 Å². The van der Waals surface area contributed by atoms with Crippen molar-refractivity contribution >= 4 is 11.6 Å². The Hall–Kier alpha value is -3.45. The van der Waals surface area contributed by atoms with Crippen LogP contribution in [0.5, 0.6) is 5.75 Å². The van der Waals surface area contributed by atoms with Gasteiger partial charge in [0.05, 0.1) is 24.1 Å². The van der Waals surface area contributed by atoms with E-state index in [1.807, 2.05) is 24.8 Å². The van der Waals surface area contributed by atoms with Crippen LogP contribution in [0, 0.1) is 13.8 Å². The first-order chi connectivity index (χ1) is 18.9. The third-order valence-corrected chi connectivity index (χ3v) is 8.82. The number of piperidine rings is 2. The van der Waals surface area contributed by atoms with Crippen LogP contribution in [-0.4, -0.2) is 70.5 Å². The lowest BCUT2D eigenvalue weighted by atomic mass is 9.85. The minimum absolute atomic E-state index is 0.0706. The van der Waals surface area contributed by atoms with Crippen LogP contribution in [0.25, 0.3) is 0 Å². The number of rotatable bonds is 7. The molecule has 7 heteroatoms. The number of ether oxygens (including phenoxy) is 1. The monoisotopic (exact) mass is 527 g/mol. The molecule has 3 aromatic rings. The lowest BCUT2D eigenvalue weighted by molar-refractivity contribution is 0.0170. The van der Waals surface area contributed by atoms with E-state index in [-0.39, 0.29) is 11.4 Å². The van der Waals surface area contributed by atoms with Crippen molar-refractivity contribution in [2.45, 2.75) is 64.6 Å². The van der Waals surface area contributed by atoms with Gasteiger partial charge in [0.1, 0.15) is 12.1 Å². The van der Waals surface area contributed by atoms with Crippen molar-refractivity contribution in [2.75, 3.05) is 38.2 Å². The van der Waals surface area contributed by atoms with Gasteiger partial charge in [0.2, 0.25) is 0 Å². The third-order valence-electron chi connectivity index (χ3n) is 8.82. The van der Waals surface area contributed by atoms with Crippen LogP contribution in [0.2, 0.25) is 0 Å². The maximum atomic E-state index is 13.3. The number of methoxy groups -OCH3 is 1. The van der Waals surface area contributed by atoms with Crippen LogP contribution in [0.15, 0.2) is 60.9 Å². The molecule has 5 rings (SSSR count). The highest BCUT2D eigenvalue weighted by molar-refractivity contribution is 5.96. The SMILES string of the molecule is COc1cccc(N(Cc2ccccc2)C2CCN(C3(C)CCN(C(=O)c4c(C)ncnc4C)CC3)CC2)c1. The van der Waals surface area contributed by atoms with Gasteiger partial charge < -0.3 is 14.5 Å². The van der Waals surface area contributed by atoms with Crippen molar-refractivity contribution in [3.05, 3.63) is 83.4 Å². The van der Waals surface area contributed by atoms with Crippen molar-refractivity contribution in [1.82, 2.24) is 19.8 Å².